The van der Waals surface area contributed by atoms with Gasteiger partial charge in [0.1, 0.15) is 22.9 Å². The van der Waals surface area contributed by atoms with Gasteiger partial charge in [-0.25, -0.2) is 8.42 Å². The van der Waals surface area contributed by atoms with Crippen molar-refractivity contribution < 1.29 is 22.7 Å². The number of aliphatic imine (C=N–C) groups is 1. The Kier molecular flexibility index (Phi) is 11.1. The maximum atomic E-state index is 13.3. The van der Waals surface area contributed by atoms with Crippen molar-refractivity contribution in [3.8, 4) is 22.2 Å². The van der Waals surface area contributed by atoms with Crippen LogP contribution in [-0.2, 0) is 26.1 Å². The lowest BCUT2D eigenvalue weighted by Gasteiger charge is -2.13. The van der Waals surface area contributed by atoms with Crippen molar-refractivity contribution in [1.82, 2.24) is 25.1 Å². The SMILES string of the molecule is CCCOC(=O)C[C@@H]1N=C(c2ccc(-c3ccc(C(=O)NCc4ccc(S(=O)(=O)Nc5ccc(C)c6c(C#N)c[nH]c56)cc4)cc3)cc2)c2c(sc(C)c2C)-n2c(C)nnc21. The molecule has 0 saturated heterocycles. The van der Waals surface area contributed by atoms with Crippen molar-refractivity contribution in [2.75, 3.05) is 11.3 Å². The lowest BCUT2D eigenvalue weighted by Crippen LogP contribution is -2.22. The van der Waals surface area contributed by atoms with Crippen LogP contribution in [0, 0.1) is 39.0 Å². The second-order valence-corrected chi connectivity index (χ2v) is 17.8. The van der Waals surface area contributed by atoms with Crippen LogP contribution in [0.4, 0.5) is 5.69 Å². The van der Waals surface area contributed by atoms with E-state index in [0.29, 0.717) is 40.1 Å². The monoisotopic (exact) mass is 850 g/mol. The Bertz CT molecular complexity index is 3010. The first-order valence-corrected chi connectivity index (χ1v) is 22.0. The molecule has 1 amide bonds. The van der Waals surface area contributed by atoms with E-state index >= 15 is 0 Å². The van der Waals surface area contributed by atoms with Crippen molar-refractivity contribution in [3.63, 3.8) is 0 Å². The number of nitriles is 1. The molecule has 8 rings (SSSR count). The minimum Gasteiger partial charge on any atom is -0.466 e. The van der Waals surface area contributed by atoms with Gasteiger partial charge in [-0.2, -0.15) is 5.26 Å². The minimum atomic E-state index is -3.94. The number of thiophene rings is 1. The molecule has 0 unspecified atom stereocenters. The lowest BCUT2D eigenvalue weighted by molar-refractivity contribution is -0.144. The van der Waals surface area contributed by atoms with Crippen LogP contribution in [-0.4, -0.2) is 52.4 Å². The highest BCUT2D eigenvalue weighted by molar-refractivity contribution is 7.92. The van der Waals surface area contributed by atoms with Gasteiger partial charge in [0.15, 0.2) is 5.82 Å². The quantitative estimate of drug-likeness (QED) is 0.102. The third-order valence-corrected chi connectivity index (χ3v) is 13.4. The predicted octanol–water partition coefficient (Wildman–Crippen LogP) is 8.55. The Labute approximate surface area is 357 Å². The van der Waals surface area contributed by atoms with Gasteiger partial charge in [0.2, 0.25) is 0 Å². The number of ether oxygens (including phenoxy) is 1. The molecule has 0 saturated carbocycles. The van der Waals surface area contributed by atoms with Crippen LogP contribution in [0.2, 0.25) is 0 Å². The fraction of sp³-hybridized carbons (Fsp3) is 0.217. The zero-order chi connectivity index (χ0) is 43.0. The number of anilines is 1. The van der Waals surface area contributed by atoms with E-state index in [4.69, 9.17) is 9.73 Å². The van der Waals surface area contributed by atoms with Crippen LogP contribution in [0.15, 0.2) is 101 Å². The molecule has 3 N–H and O–H groups in total. The van der Waals surface area contributed by atoms with Gasteiger partial charge in [0, 0.05) is 39.7 Å². The number of nitrogens with one attached hydrogen (secondary N) is 3. The smallest absolute Gasteiger partial charge is 0.308 e. The molecule has 0 aliphatic carbocycles. The molecule has 1 aliphatic rings. The number of H-pyrrole nitrogens is 1. The van der Waals surface area contributed by atoms with Gasteiger partial charge in [-0.15, -0.1) is 21.5 Å². The van der Waals surface area contributed by atoms with Crippen molar-refractivity contribution in [3.05, 3.63) is 147 Å². The first-order chi connectivity index (χ1) is 29.4. The van der Waals surface area contributed by atoms with E-state index in [9.17, 15) is 23.3 Å². The first kappa shape index (κ1) is 40.9. The Balaban J connectivity index is 0.946. The Morgan fingerprint density at radius 2 is 1.61 bits per heavy atom. The number of benzene rings is 4. The summed E-state index contributed by atoms with van der Waals surface area (Å²) >= 11 is 1.65. The summed E-state index contributed by atoms with van der Waals surface area (Å²) in [7, 11) is -3.94. The second-order valence-electron chi connectivity index (χ2n) is 14.9. The molecule has 4 aromatic carbocycles. The molecule has 61 heavy (non-hydrogen) atoms. The molecule has 1 atom stereocenters. The molecule has 3 aromatic heterocycles. The van der Waals surface area contributed by atoms with Crippen molar-refractivity contribution in [2.24, 2.45) is 4.99 Å². The second kappa shape index (κ2) is 16.6. The number of hydrogen-bond donors (Lipinski definition) is 3. The Morgan fingerprint density at radius 1 is 0.918 bits per heavy atom. The normalized spacial score (nSPS) is 13.4. The van der Waals surface area contributed by atoms with Gasteiger partial charge in [-0.05, 0) is 92.3 Å². The number of aryl methyl sites for hydroxylation is 3. The molecular formula is C46H42N8O5S2. The highest BCUT2D eigenvalue weighted by atomic mass is 32.2. The highest BCUT2D eigenvalue weighted by Crippen LogP contribution is 2.40. The van der Waals surface area contributed by atoms with Crippen molar-refractivity contribution in [2.45, 2.75) is 64.9 Å². The fourth-order valence-electron chi connectivity index (χ4n) is 7.46. The summed E-state index contributed by atoms with van der Waals surface area (Å²) in [5.41, 5.74) is 9.02. The number of aromatic amines is 1. The standard InChI is InChI=1S/C46H42N8O5S2/c1-6-21-59-39(55)22-38-44-52-51-29(5)54(44)46-41(27(3)28(4)60-46)42(50-38)33-14-10-31(11-15-33)32-12-16-34(17-13-32)45(56)49-24-30-8-18-36(19-9-30)61(57,58)53-37-20-7-26(2)40-35(23-47)25-48-43(37)40/h7-20,25,38,48,53H,6,21-22,24H2,1-5H3,(H,49,56)/t38-/m0/s1. The van der Waals surface area contributed by atoms with E-state index < -0.39 is 16.1 Å². The maximum absolute atomic E-state index is 13.3. The number of nitrogens with zero attached hydrogens (tertiary/aromatic N) is 5. The fourth-order valence-corrected chi connectivity index (χ4v) is 9.75. The summed E-state index contributed by atoms with van der Waals surface area (Å²) in [6.07, 6.45) is 2.33. The largest absolute Gasteiger partial charge is 0.466 e. The average molecular weight is 851 g/mol. The van der Waals surface area contributed by atoms with E-state index in [1.807, 2.05) is 61.7 Å². The first-order valence-electron chi connectivity index (χ1n) is 19.7. The molecule has 13 nitrogen and oxygen atoms in total. The van der Waals surface area contributed by atoms with Crippen LogP contribution < -0.4 is 10.0 Å². The number of aromatic nitrogens is 4. The zero-order valence-electron chi connectivity index (χ0n) is 34.2. The molecule has 0 bridgehead atoms. The van der Waals surface area contributed by atoms with Gasteiger partial charge in [0.25, 0.3) is 15.9 Å². The van der Waals surface area contributed by atoms with Gasteiger partial charge in [0.05, 0.1) is 40.4 Å². The topological polar surface area (TPSA) is 184 Å². The molecule has 308 valence electrons. The van der Waals surface area contributed by atoms with Crippen LogP contribution in [0.1, 0.15) is 86.1 Å². The predicted molar refractivity (Wildman–Crippen MR) is 236 cm³/mol. The third kappa shape index (κ3) is 7.95. The number of carbonyl (C=O) groups excluding carboxylic acids is 2. The van der Waals surface area contributed by atoms with Gasteiger partial charge in [-0.1, -0.05) is 61.5 Å². The molecule has 0 radical (unpaired) electrons. The Hall–Kier alpha value is -6.89. The Morgan fingerprint density at radius 3 is 2.30 bits per heavy atom. The van der Waals surface area contributed by atoms with Gasteiger partial charge in [-0.3, -0.25) is 23.9 Å². The summed E-state index contributed by atoms with van der Waals surface area (Å²) < 4.78 is 36.7. The number of esters is 1. The molecule has 15 heteroatoms. The van der Waals surface area contributed by atoms with Gasteiger partial charge < -0.3 is 15.0 Å². The molecule has 4 heterocycles. The third-order valence-electron chi connectivity index (χ3n) is 10.8. The summed E-state index contributed by atoms with van der Waals surface area (Å²) in [6.45, 7) is 10.4. The highest BCUT2D eigenvalue weighted by Gasteiger charge is 2.33. The van der Waals surface area contributed by atoms with Crippen LogP contribution in [0.5, 0.6) is 0 Å². The molecule has 7 aromatic rings. The van der Waals surface area contributed by atoms with Crippen LogP contribution in [0.3, 0.4) is 0 Å². The van der Waals surface area contributed by atoms with Crippen molar-refractivity contribution in [1.29, 1.82) is 5.26 Å². The van der Waals surface area contributed by atoms with E-state index in [0.717, 1.165) is 66.8 Å². The van der Waals surface area contributed by atoms with Gasteiger partial charge >= 0.3 is 5.97 Å². The molecule has 0 fully saturated rings. The number of sulfonamides is 1. The number of hydrogen-bond acceptors (Lipinski definition) is 10. The number of rotatable bonds is 12. The summed E-state index contributed by atoms with van der Waals surface area (Å²) in [6, 6.07) is 26.7. The molecular weight excluding hydrogens is 809 g/mol. The average Bonchev–Trinajstić information content (AvgIpc) is 3.94. The van der Waals surface area contributed by atoms with Crippen molar-refractivity contribution >= 4 is 55.5 Å². The number of fused-ring (bicyclic) bond motifs is 4. The maximum Gasteiger partial charge on any atom is 0.308 e. The zero-order valence-corrected chi connectivity index (χ0v) is 35.8. The number of amides is 1. The van der Waals surface area contributed by atoms with E-state index in [1.54, 1.807) is 53.9 Å². The van der Waals surface area contributed by atoms with E-state index in [1.165, 1.54) is 12.1 Å². The van der Waals surface area contributed by atoms with E-state index in [2.05, 4.69) is 45.1 Å². The number of carbonyl (C=O) groups is 2. The minimum absolute atomic E-state index is 0.0423. The molecule has 0 spiro atoms. The summed E-state index contributed by atoms with van der Waals surface area (Å²) in [4.78, 5) is 35.5. The molecule has 1 aliphatic heterocycles. The summed E-state index contributed by atoms with van der Waals surface area (Å²) in [5.74, 6) is 0.725. The van der Waals surface area contributed by atoms with E-state index in [-0.39, 0.29) is 29.7 Å². The van der Waals surface area contributed by atoms with Crippen LogP contribution >= 0.6 is 11.3 Å². The summed E-state index contributed by atoms with van der Waals surface area (Å²) in [5, 5.41) is 22.9. The lowest BCUT2D eigenvalue weighted by atomic mass is 9.96. The van der Waals surface area contributed by atoms with Crippen LogP contribution in [0.25, 0.3) is 27.0 Å².